The van der Waals surface area contributed by atoms with Crippen LogP contribution in [-0.4, -0.2) is 34.0 Å². The maximum Gasteiger partial charge on any atom is 0.259 e. The van der Waals surface area contributed by atoms with E-state index in [1.54, 1.807) is 68.3 Å². The Balaban J connectivity index is 1.85. The summed E-state index contributed by atoms with van der Waals surface area (Å²) < 4.78 is 0. The highest BCUT2D eigenvalue weighted by Crippen LogP contribution is 2.33. The number of aliphatic hydroxyl groups excluding tert-OH is 1. The van der Waals surface area contributed by atoms with Gasteiger partial charge < -0.3 is 25.7 Å². The summed E-state index contributed by atoms with van der Waals surface area (Å²) in [7, 11) is 1.77. The summed E-state index contributed by atoms with van der Waals surface area (Å²) in [6.45, 7) is 3.42. The van der Waals surface area contributed by atoms with E-state index >= 15 is 0 Å². The molecule has 1 unspecified atom stereocenters. The maximum atomic E-state index is 12.9. The van der Waals surface area contributed by atoms with Gasteiger partial charge in [-0.3, -0.25) is 10.2 Å². The van der Waals surface area contributed by atoms with Crippen LogP contribution < -0.4 is 15.5 Å². The van der Waals surface area contributed by atoms with Gasteiger partial charge in [0.2, 0.25) is 0 Å². The zero-order chi connectivity index (χ0) is 23.4. The minimum Gasteiger partial charge on any atom is -0.506 e. The van der Waals surface area contributed by atoms with Crippen molar-refractivity contribution in [2.75, 3.05) is 22.6 Å². The molecule has 0 aliphatic rings. The Morgan fingerprint density at radius 3 is 2.47 bits per heavy atom. The van der Waals surface area contributed by atoms with Crippen LogP contribution in [0.4, 0.5) is 17.2 Å². The van der Waals surface area contributed by atoms with Crippen LogP contribution in [0.1, 0.15) is 34.6 Å². The average molecular weight is 454 g/mol. The molecular weight excluding hydrogens is 430 g/mol. The monoisotopic (exact) mass is 453 g/mol. The van der Waals surface area contributed by atoms with Gasteiger partial charge in [-0.25, -0.2) is 4.98 Å². The molecule has 3 rings (SSSR count). The van der Waals surface area contributed by atoms with Crippen LogP contribution in [0, 0.1) is 12.3 Å². The summed E-state index contributed by atoms with van der Waals surface area (Å²) in [6, 6.07) is 13.2. The number of aryl methyl sites for hydroxylation is 1. The average Bonchev–Trinajstić information content (AvgIpc) is 2.76. The van der Waals surface area contributed by atoms with E-state index in [0.29, 0.717) is 27.8 Å². The van der Waals surface area contributed by atoms with E-state index in [0.717, 1.165) is 5.69 Å². The standard InChI is InChI=1S/C23H24ClN5O3/c1-13-10-18(23(32)27-20-9-6-16(24)12-26-20)21(19(30)11-13)28-22(31)15-4-7-17(8-5-15)29(3)14(2)25/h4-12,22,25,28,30-31H,1-3H3,(H,26,27,32). The van der Waals surface area contributed by atoms with Crippen molar-refractivity contribution < 1.29 is 15.0 Å². The van der Waals surface area contributed by atoms with E-state index in [2.05, 4.69) is 15.6 Å². The van der Waals surface area contributed by atoms with Crippen LogP contribution in [0.2, 0.25) is 5.02 Å². The molecule has 1 amide bonds. The molecule has 0 saturated heterocycles. The number of hydrogen-bond donors (Lipinski definition) is 5. The van der Waals surface area contributed by atoms with Crippen LogP contribution in [0.25, 0.3) is 0 Å². The number of carbonyl (C=O) groups is 1. The van der Waals surface area contributed by atoms with Crippen LogP contribution in [-0.2, 0) is 0 Å². The fourth-order valence-corrected chi connectivity index (χ4v) is 3.14. The lowest BCUT2D eigenvalue weighted by molar-refractivity contribution is 0.102. The van der Waals surface area contributed by atoms with Gasteiger partial charge in [0.25, 0.3) is 5.91 Å². The van der Waals surface area contributed by atoms with Gasteiger partial charge in [-0.2, -0.15) is 0 Å². The number of carbonyl (C=O) groups excluding carboxylic acids is 1. The van der Waals surface area contributed by atoms with Gasteiger partial charge in [0.1, 0.15) is 11.6 Å². The number of halogens is 1. The number of aliphatic hydroxyl groups is 1. The lowest BCUT2D eigenvalue weighted by Gasteiger charge is -2.21. The van der Waals surface area contributed by atoms with Gasteiger partial charge in [0, 0.05) is 24.5 Å². The zero-order valence-corrected chi connectivity index (χ0v) is 18.6. The Hall–Kier alpha value is -3.62. The number of amidine groups is 1. The Bertz CT molecular complexity index is 1130. The van der Waals surface area contributed by atoms with Crippen LogP contribution in [0.5, 0.6) is 5.75 Å². The number of anilines is 3. The first-order chi connectivity index (χ1) is 15.2. The summed E-state index contributed by atoms with van der Waals surface area (Å²) >= 11 is 5.83. The summed E-state index contributed by atoms with van der Waals surface area (Å²) in [4.78, 5) is 18.6. The molecule has 2 aromatic carbocycles. The number of phenols is 1. The Kier molecular flexibility index (Phi) is 6.97. The highest BCUT2D eigenvalue weighted by atomic mass is 35.5. The molecule has 0 bridgehead atoms. The first-order valence-electron chi connectivity index (χ1n) is 9.75. The Morgan fingerprint density at radius 2 is 1.88 bits per heavy atom. The molecule has 1 aromatic heterocycles. The molecule has 8 nitrogen and oxygen atoms in total. The van der Waals surface area contributed by atoms with Crippen molar-refractivity contribution in [3.05, 3.63) is 76.4 Å². The Morgan fingerprint density at radius 1 is 1.19 bits per heavy atom. The lowest BCUT2D eigenvalue weighted by atomic mass is 10.1. The molecule has 0 saturated carbocycles. The largest absolute Gasteiger partial charge is 0.506 e. The third-order valence-electron chi connectivity index (χ3n) is 4.86. The quantitative estimate of drug-likeness (QED) is 0.162. The minimum absolute atomic E-state index is 0.0890. The molecule has 1 atom stereocenters. The summed E-state index contributed by atoms with van der Waals surface area (Å²) in [5, 5.41) is 34.8. The molecule has 0 fully saturated rings. The molecule has 3 aromatic rings. The Labute approximate surface area is 191 Å². The van der Waals surface area contributed by atoms with Crippen LogP contribution in [0.15, 0.2) is 54.7 Å². The van der Waals surface area contributed by atoms with E-state index in [1.807, 2.05) is 0 Å². The van der Waals surface area contributed by atoms with Crippen molar-refractivity contribution >= 4 is 40.5 Å². The highest BCUT2D eigenvalue weighted by molar-refractivity contribution is 6.30. The first-order valence-corrected chi connectivity index (χ1v) is 10.1. The molecule has 1 heterocycles. The fraction of sp³-hybridized carbons (Fsp3) is 0.174. The number of amides is 1. The van der Waals surface area contributed by atoms with E-state index < -0.39 is 12.1 Å². The van der Waals surface area contributed by atoms with Crippen molar-refractivity contribution in [3.63, 3.8) is 0 Å². The van der Waals surface area contributed by atoms with Gasteiger partial charge in [-0.15, -0.1) is 0 Å². The summed E-state index contributed by atoms with van der Waals surface area (Å²) in [5.74, 6) is 0.000861. The van der Waals surface area contributed by atoms with Crippen molar-refractivity contribution in [1.29, 1.82) is 5.41 Å². The van der Waals surface area contributed by atoms with Gasteiger partial charge >= 0.3 is 0 Å². The maximum absolute atomic E-state index is 12.9. The molecule has 32 heavy (non-hydrogen) atoms. The molecule has 0 spiro atoms. The SMILES string of the molecule is CC(=N)N(C)c1ccc(C(O)Nc2c(O)cc(C)cc2C(=O)Nc2ccc(Cl)cn2)cc1. The number of phenolic OH excluding ortho intramolecular Hbond substituents is 1. The third-order valence-corrected chi connectivity index (χ3v) is 5.08. The van der Waals surface area contributed by atoms with Gasteiger partial charge in [0.15, 0.2) is 6.23 Å². The molecule has 0 aliphatic heterocycles. The van der Waals surface area contributed by atoms with Gasteiger partial charge in [0.05, 0.1) is 22.1 Å². The van der Waals surface area contributed by atoms with E-state index in [9.17, 15) is 15.0 Å². The fourth-order valence-electron chi connectivity index (χ4n) is 3.03. The number of nitrogens with zero attached hydrogens (tertiary/aromatic N) is 2. The molecule has 0 radical (unpaired) electrons. The van der Waals surface area contributed by atoms with E-state index in [4.69, 9.17) is 17.0 Å². The van der Waals surface area contributed by atoms with Crippen molar-refractivity contribution in [1.82, 2.24) is 4.98 Å². The predicted molar refractivity (Wildman–Crippen MR) is 127 cm³/mol. The van der Waals surface area contributed by atoms with Crippen molar-refractivity contribution in [2.45, 2.75) is 20.1 Å². The second-order valence-corrected chi connectivity index (χ2v) is 7.74. The molecular formula is C23H24ClN5O3. The van der Waals surface area contributed by atoms with E-state index in [1.165, 1.54) is 12.3 Å². The molecule has 166 valence electrons. The molecule has 5 N–H and O–H groups in total. The molecule has 9 heteroatoms. The minimum atomic E-state index is -1.19. The number of aromatic hydroxyl groups is 1. The number of aromatic nitrogens is 1. The topological polar surface area (TPSA) is 122 Å². The van der Waals surface area contributed by atoms with Crippen LogP contribution in [0.3, 0.4) is 0 Å². The summed E-state index contributed by atoms with van der Waals surface area (Å²) in [5.41, 5.74) is 2.23. The zero-order valence-electron chi connectivity index (χ0n) is 17.8. The lowest BCUT2D eigenvalue weighted by Crippen LogP contribution is -2.22. The first kappa shape index (κ1) is 23.1. The number of rotatable bonds is 6. The molecule has 0 aliphatic carbocycles. The van der Waals surface area contributed by atoms with Crippen molar-refractivity contribution in [3.8, 4) is 5.75 Å². The number of nitrogens with one attached hydrogen (secondary N) is 3. The van der Waals surface area contributed by atoms with Gasteiger partial charge in [-0.1, -0.05) is 23.7 Å². The number of benzene rings is 2. The van der Waals surface area contributed by atoms with Crippen molar-refractivity contribution in [2.24, 2.45) is 0 Å². The number of hydrogen-bond acceptors (Lipinski definition) is 6. The second kappa shape index (κ2) is 9.67. The van der Waals surface area contributed by atoms with Gasteiger partial charge in [-0.05, 0) is 55.8 Å². The van der Waals surface area contributed by atoms with Crippen LogP contribution >= 0.6 is 11.6 Å². The highest BCUT2D eigenvalue weighted by Gasteiger charge is 2.20. The normalized spacial score (nSPS) is 11.5. The smallest absolute Gasteiger partial charge is 0.259 e. The second-order valence-electron chi connectivity index (χ2n) is 7.31. The van der Waals surface area contributed by atoms with E-state index in [-0.39, 0.29) is 17.0 Å². The summed E-state index contributed by atoms with van der Waals surface area (Å²) in [6.07, 6.45) is 0.221. The predicted octanol–water partition coefficient (Wildman–Crippen LogP) is 4.54. The third kappa shape index (κ3) is 5.35. The number of pyridine rings is 1.